The van der Waals surface area contributed by atoms with Crippen LogP contribution < -0.4 is 18.9 Å². The van der Waals surface area contributed by atoms with Crippen LogP contribution in [0.3, 0.4) is 0 Å². The maximum atomic E-state index is 13.3. The predicted octanol–water partition coefficient (Wildman–Crippen LogP) is -3.16. The van der Waals surface area contributed by atoms with E-state index in [1.165, 1.54) is 18.2 Å². The summed E-state index contributed by atoms with van der Waals surface area (Å²) in [5.41, 5.74) is -0.352. The normalized spacial score (nSPS) is 33.6. The van der Waals surface area contributed by atoms with Crippen LogP contribution in [-0.2, 0) is 9.47 Å². The van der Waals surface area contributed by atoms with Crippen molar-refractivity contribution in [1.82, 2.24) is 0 Å². The molecule has 0 saturated carbocycles. The number of ether oxygens (including phenoxy) is 6. The van der Waals surface area contributed by atoms with Gasteiger partial charge in [0.15, 0.2) is 11.5 Å². The molecule has 0 aromatic heterocycles. The molecule has 2 fully saturated rings. The number of aliphatic hydroxyl groups is 8. The lowest BCUT2D eigenvalue weighted by Crippen LogP contribution is -2.60. The van der Waals surface area contributed by atoms with Crippen LogP contribution in [0.15, 0.2) is 36.4 Å². The Kier molecular flexibility index (Phi) is 9.14. The lowest BCUT2D eigenvalue weighted by atomic mass is 9.99. The number of fused-ring (bicyclic) bond motifs is 1. The van der Waals surface area contributed by atoms with Gasteiger partial charge >= 0.3 is 0 Å². The van der Waals surface area contributed by atoms with Gasteiger partial charge in [0.2, 0.25) is 30.9 Å². The van der Waals surface area contributed by atoms with Crippen LogP contribution in [0.2, 0.25) is 0 Å². The van der Waals surface area contributed by atoms with E-state index in [0.29, 0.717) is 5.75 Å². The van der Waals surface area contributed by atoms with Crippen LogP contribution in [0.5, 0.6) is 23.0 Å². The quantitative estimate of drug-likeness (QED) is 0.103. The molecule has 3 heterocycles. The van der Waals surface area contributed by atoms with Crippen molar-refractivity contribution in [3.63, 3.8) is 0 Å². The Morgan fingerprint density at radius 2 is 1.12 bits per heavy atom. The Morgan fingerprint density at radius 1 is 0.628 bits per heavy atom. The summed E-state index contributed by atoms with van der Waals surface area (Å²) in [5, 5.41) is 80.1. The van der Waals surface area contributed by atoms with Gasteiger partial charge in [-0.25, -0.2) is 0 Å². The fraction of sp³-hybridized carbons (Fsp3) is 0.481. The van der Waals surface area contributed by atoms with Gasteiger partial charge in [0.05, 0.1) is 13.2 Å². The van der Waals surface area contributed by atoms with E-state index >= 15 is 0 Å². The van der Waals surface area contributed by atoms with E-state index in [4.69, 9.17) is 28.4 Å². The molecule has 16 heteroatoms. The van der Waals surface area contributed by atoms with Crippen LogP contribution in [0, 0.1) is 0 Å². The Bertz CT molecular complexity index is 1270. The topological polar surface area (TPSA) is 251 Å². The van der Waals surface area contributed by atoms with Crippen molar-refractivity contribution in [2.75, 3.05) is 20.0 Å². The van der Waals surface area contributed by atoms with Gasteiger partial charge in [0.25, 0.3) is 0 Å². The Hall–Kier alpha value is -3.42. The lowest BCUT2D eigenvalue weighted by molar-refractivity contribution is -0.278. The molecule has 0 radical (unpaired) electrons. The molecule has 0 bridgehead atoms. The van der Waals surface area contributed by atoms with E-state index in [2.05, 4.69) is 0 Å². The maximum Gasteiger partial charge on any atom is 0.233 e. The fourth-order valence-corrected chi connectivity index (χ4v) is 4.74. The van der Waals surface area contributed by atoms with Crippen molar-refractivity contribution in [1.29, 1.82) is 0 Å². The number of benzene rings is 2. The molecule has 8 N–H and O–H groups in total. The second kappa shape index (κ2) is 12.7. The largest absolute Gasteiger partial charge is 0.462 e. The molecule has 3 aliphatic heterocycles. The number of aliphatic hydroxyl groups excluding tert-OH is 8. The first-order valence-corrected chi connectivity index (χ1v) is 13.1. The first-order valence-electron chi connectivity index (χ1n) is 13.1. The highest BCUT2D eigenvalue weighted by Crippen LogP contribution is 2.34. The van der Waals surface area contributed by atoms with Crippen LogP contribution >= 0.6 is 0 Å². The molecule has 43 heavy (non-hydrogen) atoms. The molecule has 3 aliphatic rings. The third kappa shape index (κ3) is 6.16. The molecule has 16 nitrogen and oxygen atoms in total. The van der Waals surface area contributed by atoms with Gasteiger partial charge in [-0.3, -0.25) is 9.59 Å². The van der Waals surface area contributed by atoms with Crippen LogP contribution in [0.1, 0.15) is 20.7 Å². The van der Waals surface area contributed by atoms with Gasteiger partial charge in [0, 0.05) is 17.2 Å². The molecular formula is C27H30O16. The average Bonchev–Trinajstić information content (AvgIpc) is 3.49. The third-order valence-electron chi connectivity index (χ3n) is 7.18. The smallest absolute Gasteiger partial charge is 0.233 e. The number of carbonyl (C=O) groups is 2. The molecule has 0 spiro atoms. The molecular weight excluding hydrogens is 580 g/mol. The summed E-state index contributed by atoms with van der Waals surface area (Å²) in [6.45, 7) is -1.53. The number of rotatable bonds is 9. The number of Topliss-reactive ketones (excluding diaryl/α,β-unsaturated/α-hetero) is 2. The van der Waals surface area contributed by atoms with Crippen LogP contribution in [0.25, 0.3) is 0 Å². The number of carbonyl (C=O) groups excluding carboxylic acids is 2. The highest BCUT2D eigenvalue weighted by Gasteiger charge is 2.46. The van der Waals surface area contributed by atoms with E-state index in [1.807, 2.05) is 0 Å². The number of ketones is 2. The monoisotopic (exact) mass is 610 g/mol. The van der Waals surface area contributed by atoms with E-state index in [-0.39, 0.29) is 35.2 Å². The molecule has 0 unspecified atom stereocenters. The van der Waals surface area contributed by atoms with Crippen molar-refractivity contribution in [2.24, 2.45) is 0 Å². The van der Waals surface area contributed by atoms with Gasteiger partial charge in [-0.1, -0.05) is 0 Å². The molecule has 0 amide bonds. The summed E-state index contributed by atoms with van der Waals surface area (Å²) < 4.78 is 32.4. The third-order valence-corrected chi connectivity index (χ3v) is 7.18. The van der Waals surface area contributed by atoms with Crippen molar-refractivity contribution >= 4 is 11.6 Å². The van der Waals surface area contributed by atoms with Gasteiger partial charge in [-0.2, -0.15) is 0 Å². The molecule has 5 rings (SSSR count). The lowest BCUT2D eigenvalue weighted by Gasteiger charge is -2.40. The fourth-order valence-electron chi connectivity index (χ4n) is 4.74. The van der Waals surface area contributed by atoms with Crippen molar-refractivity contribution < 1.29 is 78.9 Å². The number of hydrogen-bond donors (Lipinski definition) is 8. The van der Waals surface area contributed by atoms with Crippen LogP contribution in [-0.4, -0.2) is 134 Å². The van der Waals surface area contributed by atoms with Gasteiger partial charge < -0.3 is 69.3 Å². The SMILES string of the molecule is O=C(C(=O)c1ccc2c(c1)OCO2)c1cc(O[C@@H]2O[C@H](CO)[C@@H](O)[C@H](O)[C@H]2O)cc(O[C@@H]2O[C@H](CO)[C@@H](O)[C@H](O)[C@H]2O)c1. The minimum Gasteiger partial charge on any atom is -0.462 e. The Balaban J connectivity index is 1.46. The Morgan fingerprint density at radius 3 is 1.63 bits per heavy atom. The van der Waals surface area contributed by atoms with E-state index < -0.39 is 86.2 Å². The molecule has 2 aromatic carbocycles. The van der Waals surface area contributed by atoms with Crippen molar-refractivity contribution in [3.8, 4) is 23.0 Å². The summed E-state index contributed by atoms with van der Waals surface area (Å²) >= 11 is 0. The molecule has 2 saturated heterocycles. The van der Waals surface area contributed by atoms with Crippen molar-refractivity contribution in [2.45, 2.75) is 61.4 Å². The van der Waals surface area contributed by atoms with Gasteiger partial charge in [-0.05, 0) is 30.3 Å². The Labute approximate surface area is 242 Å². The minimum atomic E-state index is -1.82. The van der Waals surface area contributed by atoms with E-state index in [1.54, 1.807) is 0 Å². The average molecular weight is 611 g/mol. The minimum absolute atomic E-state index is 0.0362. The summed E-state index contributed by atoms with van der Waals surface area (Å²) in [6, 6.07) is 7.44. The zero-order chi connectivity index (χ0) is 31.0. The highest BCUT2D eigenvalue weighted by molar-refractivity contribution is 6.49. The molecule has 0 aliphatic carbocycles. The summed E-state index contributed by atoms with van der Waals surface area (Å²) in [5.74, 6) is -1.93. The van der Waals surface area contributed by atoms with Crippen LogP contribution in [0.4, 0.5) is 0 Å². The predicted molar refractivity (Wildman–Crippen MR) is 136 cm³/mol. The molecule has 2 aromatic rings. The first-order chi connectivity index (χ1) is 20.5. The van der Waals surface area contributed by atoms with E-state index in [0.717, 1.165) is 18.2 Å². The summed E-state index contributed by atoms with van der Waals surface area (Å²) in [6.07, 6.45) is -16.5. The number of hydrogen-bond acceptors (Lipinski definition) is 16. The van der Waals surface area contributed by atoms with E-state index in [9.17, 15) is 50.4 Å². The summed E-state index contributed by atoms with van der Waals surface area (Å²) in [4.78, 5) is 26.5. The zero-order valence-corrected chi connectivity index (χ0v) is 22.2. The highest BCUT2D eigenvalue weighted by atomic mass is 16.7. The van der Waals surface area contributed by atoms with Gasteiger partial charge in [0.1, 0.15) is 60.3 Å². The second-order valence-electron chi connectivity index (χ2n) is 10.0. The second-order valence-corrected chi connectivity index (χ2v) is 10.0. The van der Waals surface area contributed by atoms with Crippen molar-refractivity contribution in [3.05, 3.63) is 47.5 Å². The first kappa shape index (κ1) is 31.0. The molecule has 234 valence electrons. The standard InChI is InChI=1S/C27H30O16/c28-7-16-20(32)22(34)24(36)26(42-16)40-12-3-11(19(31)18(30)10-1-2-14-15(5-10)39-9-38-14)4-13(6-12)41-27-25(37)23(35)21(33)17(8-29)43-27/h1-6,16-17,20-29,32-37H,7-9H2/t16-,17-,20-,21-,22+,23+,24-,25-,26-,27-/m1/s1. The maximum absolute atomic E-state index is 13.3. The van der Waals surface area contributed by atoms with Gasteiger partial charge in [-0.15, -0.1) is 0 Å². The molecule has 10 atom stereocenters. The zero-order valence-electron chi connectivity index (χ0n) is 22.2. The summed E-state index contributed by atoms with van der Waals surface area (Å²) in [7, 11) is 0.